The molecule has 2 N–H and O–H groups in total. The van der Waals surface area contributed by atoms with Crippen LogP contribution in [0.2, 0.25) is 0 Å². The molecule has 1 heterocycles. The molecule has 2 aromatic rings. The van der Waals surface area contributed by atoms with Crippen molar-refractivity contribution < 1.29 is 0 Å². The fourth-order valence-electron chi connectivity index (χ4n) is 1.67. The van der Waals surface area contributed by atoms with Crippen LogP contribution in [-0.2, 0) is 0 Å². The number of rotatable bonds is 3. The number of aryl methyl sites for hydroxylation is 2. The van der Waals surface area contributed by atoms with Crippen molar-refractivity contribution in [1.29, 1.82) is 0 Å². The molecule has 18 heavy (non-hydrogen) atoms. The Morgan fingerprint density at radius 3 is 2.56 bits per heavy atom. The minimum Gasteiger partial charge on any atom is -0.323 e. The molecular formula is C15H18N2S. The number of pyridine rings is 1. The molecule has 1 atom stereocenters. The van der Waals surface area contributed by atoms with Crippen molar-refractivity contribution in [3.8, 4) is 0 Å². The smallest absolute Gasteiger partial charge is 0.0569 e. The Bertz CT molecular complexity index is 533. The van der Waals surface area contributed by atoms with Gasteiger partial charge in [0.15, 0.2) is 0 Å². The van der Waals surface area contributed by atoms with E-state index in [4.69, 9.17) is 5.73 Å². The first-order valence-electron chi connectivity index (χ1n) is 6.03. The zero-order chi connectivity index (χ0) is 13.1. The molecule has 1 aromatic heterocycles. The fourth-order valence-corrected chi connectivity index (χ4v) is 2.63. The van der Waals surface area contributed by atoms with Crippen LogP contribution in [0.5, 0.6) is 0 Å². The van der Waals surface area contributed by atoms with Gasteiger partial charge in [0.05, 0.1) is 5.69 Å². The molecule has 0 saturated carbocycles. The van der Waals surface area contributed by atoms with E-state index in [0.717, 1.165) is 10.6 Å². The molecule has 0 aliphatic rings. The molecule has 0 unspecified atom stereocenters. The van der Waals surface area contributed by atoms with Crippen molar-refractivity contribution >= 4 is 11.8 Å². The van der Waals surface area contributed by atoms with Crippen LogP contribution in [0.3, 0.4) is 0 Å². The maximum atomic E-state index is 5.79. The number of nitrogens with two attached hydrogens (primary N) is 1. The molecule has 2 nitrogen and oxygen atoms in total. The zero-order valence-electron chi connectivity index (χ0n) is 11.0. The van der Waals surface area contributed by atoms with Gasteiger partial charge in [-0.1, -0.05) is 23.9 Å². The average molecular weight is 258 g/mol. The molecule has 2 rings (SSSR count). The van der Waals surface area contributed by atoms with E-state index < -0.39 is 0 Å². The molecule has 0 bridgehead atoms. The van der Waals surface area contributed by atoms with Gasteiger partial charge in [-0.2, -0.15) is 0 Å². The predicted octanol–water partition coefficient (Wildman–Crippen LogP) is 3.87. The molecule has 3 heteroatoms. The van der Waals surface area contributed by atoms with Gasteiger partial charge < -0.3 is 5.73 Å². The molecule has 0 fully saturated rings. The third kappa shape index (κ3) is 3.12. The minimum atomic E-state index is -0.00949. The van der Waals surface area contributed by atoms with E-state index >= 15 is 0 Å². The minimum absolute atomic E-state index is 0.00949. The van der Waals surface area contributed by atoms with E-state index in [9.17, 15) is 0 Å². The van der Waals surface area contributed by atoms with Crippen molar-refractivity contribution in [3.63, 3.8) is 0 Å². The van der Waals surface area contributed by atoms with Gasteiger partial charge in [-0.05, 0) is 50.1 Å². The number of hydrogen-bond acceptors (Lipinski definition) is 3. The summed E-state index contributed by atoms with van der Waals surface area (Å²) in [4.78, 5) is 6.81. The maximum absolute atomic E-state index is 5.79. The average Bonchev–Trinajstić information content (AvgIpc) is 2.34. The van der Waals surface area contributed by atoms with E-state index in [1.54, 1.807) is 11.8 Å². The highest BCUT2D eigenvalue weighted by Gasteiger charge is 2.04. The van der Waals surface area contributed by atoms with Crippen molar-refractivity contribution in [2.75, 3.05) is 0 Å². The van der Waals surface area contributed by atoms with Crippen LogP contribution in [0.15, 0.2) is 46.3 Å². The van der Waals surface area contributed by atoms with Crippen molar-refractivity contribution in [2.45, 2.75) is 36.6 Å². The summed E-state index contributed by atoms with van der Waals surface area (Å²) >= 11 is 1.75. The van der Waals surface area contributed by atoms with Gasteiger partial charge in [0, 0.05) is 22.0 Å². The summed E-state index contributed by atoms with van der Waals surface area (Å²) in [5.41, 5.74) is 9.30. The van der Waals surface area contributed by atoms with Crippen LogP contribution in [0.25, 0.3) is 0 Å². The molecule has 94 valence electrons. The number of nitrogens with zero attached hydrogens (tertiary/aromatic N) is 1. The lowest BCUT2D eigenvalue weighted by Crippen LogP contribution is -2.06. The van der Waals surface area contributed by atoms with E-state index in [-0.39, 0.29) is 6.04 Å². The van der Waals surface area contributed by atoms with Crippen LogP contribution in [-0.4, -0.2) is 4.98 Å². The number of benzene rings is 1. The Balaban J connectivity index is 2.21. The van der Waals surface area contributed by atoms with E-state index in [1.807, 2.05) is 19.2 Å². The molecule has 1 aromatic carbocycles. The molecule has 0 aliphatic heterocycles. The lowest BCUT2D eigenvalue weighted by molar-refractivity contribution is 0.777. The lowest BCUT2D eigenvalue weighted by atomic mass is 10.2. The first-order chi connectivity index (χ1) is 8.56. The first kappa shape index (κ1) is 13.1. The molecular weight excluding hydrogens is 240 g/mol. The second-order valence-electron chi connectivity index (χ2n) is 4.58. The molecule has 0 spiro atoms. The Morgan fingerprint density at radius 2 is 1.94 bits per heavy atom. The highest BCUT2D eigenvalue weighted by atomic mass is 32.2. The van der Waals surface area contributed by atoms with Crippen LogP contribution < -0.4 is 5.73 Å². The largest absolute Gasteiger partial charge is 0.323 e. The topological polar surface area (TPSA) is 38.9 Å². The second kappa shape index (κ2) is 5.55. The summed E-state index contributed by atoms with van der Waals surface area (Å²) < 4.78 is 0. The van der Waals surface area contributed by atoms with Crippen molar-refractivity contribution in [1.82, 2.24) is 4.98 Å². The second-order valence-corrected chi connectivity index (χ2v) is 5.69. The SMILES string of the molecule is Cc1ccc(C)c(Sc2ccc([C@@H](C)N)nc2)c1. The summed E-state index contributed by atoms with van der Waals surface area (Å²) in [6, 6.07) is 10.6. The van der Waals surface area contributed by atoms with Crippen LogP contribution in [0, 0.1) is 13.8 Å². The number of aromatic nitrogens is 1. The van der Waals surface area contributed by atoms with Gasteiger partial charge in [0.2, 0.25) is 0 Å². The molecule has 0 amide bonds. The summed E-state index contributed by atoms with van der Waals surface area (Å²) in [5, 5.41) is 0. The summed E-state index contributed by atoms with van der Waals surface area (Å²) in [5.74, 6) is 0. The quantitative estimate of drug-likeness (QED) is 0.908. The Labute approximate surface area is 113 Å². The van der Waals surface area contributed by atoms with Crippen LogP contribution in [0.1, 0.15) is 29.8 Å². The third-order valence-corrected chi connectivity index (χ3v) is 3.93. The highest BCUT2D eigenvalue weighted by molar-refractivity contribution is 7.99. The van der Waals surface area contributed by atoms with E-state index in [2.05, 4.69) is 43.1 Å². The van der Waals surface area contributed by atoms with Crippen LogP contribution in [0.4, 0.5) is 0 Å². The Hall–Kier alpha value is -1.32. The maximum Gasteiger partial charge on any atom is 0.0569 e. The van der Waals surface area contributed by atoms with Gasteiger partial charge in [-0.25, -0.2) is 0 Å². The Kier molecular flexibility index (Phi) is 4.04. The standard InChI is InChI=1S/C15H18N2S/c1-10-4-5-11(2)15(8-10)18-13-6-7-14(12(3)16)17-9-13/h4-9,12H,16H2,1-3H3/t12-/m1/s1. The summed E-state index contributed by atoms with van der Waals surface area (Å²) in [6.07, 6.45) is 1.89. The summed E-state index contributed by atoms with van der Waals surface area (Å²) in [7, 11) is 0. The molecule has 0 radical (unpaired) electrons. The van der Waals surface area contributed by atoms with Crippen molar-refractivity contribution in [3.05, 3.63) is 53.3 Å². The van der Waals surface area contributed by atoms with Crippen LogP contribution >= 0.6 is 11.8 Å². The van der Waals surface area contributed by atoms with Crippen molar-refractivity contribution in [2.24, 2.45) is 5.73 Å². The van der Waals surface area contributed by atoms with Gasteiger partial charge in [-0.15, -0.1) is 0 Å². The van der Waals surface area contributed by atoms with Gasteiger partial charge >= 0.3 is 0 Å². The summed E-state index contributed by atoms with van der Waals surface area (Å²) in [6.45, 7) is 6.19. The predicted molar refractivity (Wildman–Crippen MR) is 76.9 cm³/mol. The van der Waals surface area contributed by atoms with Gasteiger partial charge in [-0.3, -0.25) is 4.98 Å². The first-order valence-corrected chi connectivity index (χ1v) is 6.84. The Morgan fingerprint density at radius 1 is 1.17 bits per heavy atom. The monoisotopic (exact) mass is 258 g/mol. The normalized spacial score (nSPS) is 12.4. The lowest BCUT2D eigenvalue weighted by Gasteiger charge is -2.08. The molecule has 0 saturated heterocycles. The zero-order valence-corrected chi connectivity index (χ0v) is 11.8. The van der Waals surface area contributed by atoms with E-state index in [0.29, 0.717) is 0 Å². The fraction of sp³-hybridized carbons (Fsp3) is 0.267. The van der Waals surface area contributed by atoms with Gasteiger partial charge in [0.25, 0.3) is 0 Å². The van der Waals surface area contributed by atoms with Gasteiger partial charge in [0.1, 0.15) is 0 Å². The number of hydrogen-bond donors (Lipinski definition) is 1. The third-order valence-electron chi connectivity index (χ3n) is 2.80. The van der Waals surface area contributed by atoms with E-state index in [1.165, 1.54) is 16.0 Å². The molecule has 0 aliphatic carbocycles. The highest BCUT2D eigenvalue weighted by Crippen LogP contribution is 2.30.